The lowest BCUT2D eigenvalue weighted by Gasteiger charge is -2.03. The summed E-state index contributed by atoms with van der Waals surface area (Å²) in [5, 5.41) is 0.705. The first-order valence-electron chi connectivity index (χ1n) is 4.57. The molecule has 0 aliphatic rings. The summed E-state index contributed by atoms with van der Waals surface area (Å²) in [4.78, 5) is 0. The van der Waals surface area contributed by atoms with Gasteiger partial charge in [0.25, 0.3) is 10.1 Å². The van der Waals surface area contributed by atoms with Gasteiger partial charge in [0.1, 0.15) is 0 Å². The van der Waals surface area contributed by atoms with Crippen molar-refractivity contribution in [3.05, 3.63) is 34.9 Å². The number of hydrogen-bond acceptors (Lipinski definition) is 3. The second kappa shape index (κ2) is 5.49. The molecule has 0 aromatic heterocycles. The molecular formula is C10H13ClO3S. The average Bonchev–Trinajstić information content (AvgIpc) is 2.13. The Morgan fingerprint density at radius 2 is 2.00 bits per heavy atom. The highest BCUT2D eigenvalue weighted by Crippen LogP contribution is 2.16. The number of halogens is 1. The van der Waals surface area contributed by atoms with Crippen molar-refractivity contribution < 1.29 is 12.6 Å². The molecule has 0 aliphatic heterocycles. The Balaban J connectivity index is 2.36. The van der Waals surface area contributed by atoms with Gasteiger partial charge < -0.3 is 0 Å². The first-order valence-corrected chi connectivity index (χ1v) is 6.76. The lowest BCUT2D eigenvalue weighted by Crippen LogP contribution is -2.04. The Bertz CT molecular complexity index is 414. The van der Waals surface area contributed by atoms with E-state index in [2.05, 4.69) is 4.18 Å². The highest BCUT2D eigenvalue weighted by Gasteiger charge is 2.02. The van der Waals surface area contributed by atoms with E-state index < -0.39 is 10.1 Å². The molecule has 1 aromatic carbocycles. The molecule has 0 unspecified atom stereocenters. The summed E-state index contributed by atoms with van der Waals surface area (Å²) in [6, 6.07) is 7.49. The quantitative estimate of drug-likeness (QED) is 0.593. The second-order valence-corrected chi connectivity index (χ2v) is 5.27. The van der Waals surface area contributed by atoms with E-state index in [0.29, 0.717) is 11.4 Å². The third-order valence-electron chi connectivity index (χ3n) is 1.85. The van der Waals surface area contributed by atoms with E-state index >= 15 is 0 Å². The van der Waals surface area contributed by atoms with Crippen LogP contribution in [0.15, 0.2) is 24.3 Å². The Morgan fingerprint density at radius 3 is 2.60 bits per heavy atom. The largest absolute Gasteiger partial charge is 0.270 e. The van der Waals surface area contributed by atoms with Gasteiger partial charge >= 0.3 is 0 Å². The standard InChI is InChI=1S/C10H13ClO3S/c1-15(12,13)14-8-4-6-9-5-2-3-7-10(9)11/h2-3,5,7H,4,6,8H2,1H3. The Labute approximate surface area is 95.1 Å². The van der Waals surface area contributed by atoms with Gasteiger partial charge in [0.2, 0.25) is 0 Å². The fourth-order valence-corrected chi connectivity index (χ4v) is 1.82. The summed E-state index contributed by atoms with van der Waals surface area (Å²) < 4.78 is 25.9. The lowest BCUT2D eigenvalue weighted by molar-refractivity contribution is 0.316. The molecule has 0 heterocycles. The molecule has 0 radical (unpaired) electrons. The smallest absolute Gasteiger partial charge is 0.264 e. The molecule has 15 heavy (non-hydrogen) atoms. The zero-order valence-corrected chi connectivity index (χ0v) is 10.0. The molecule has 0 fully saturated rings. The predicted octanol–water partition coefficient (Wildman–Crippen LogP) is 2.25. The molecule has 1 rings (SSSR count). The maximum absolute atomic E-state index is 10.7. The molecular weight excluding hydrogens is 236 g/mol. The minimum absolute atomic E-state index is 0.198. The van der Waals surface area contributed by atoms with Crippen molar-refractivity contribution in [1.29, 1.82) is 0 Å². The lowest BCUT2D eigenvalue weighted by atomic mass is 10.1. The summed E-state index contributed by atoms with van der Waals surface area (Å²) in [6.45, 7) is 0.198. The van der Waals surface area contributed by atoms with Crippen LogP contribution in [-0.4, -0.2) is 21.3 Å². The third-order valence-corrected chi connectivity index (χ3v) is 2.81. The van der Waals surface area contributed by atoms with Gasteiger partial charge in [-0.05, 0) is 24.5 Å². The SMILES string of the molecule is CS(=O)(=O)OCCCc1ccccc1Cl. The summed E-state index contributed by atoms with van der Waals surface area (Å²) in [5.41, 5.74) is 1.01. The van der Waals surface area contributed by atoms with E-state index in [-0.39, 0.29) is 6.61 Å². The van der Waals surface area contributed by atoms with Crippen LogP contribution in [0.1, 0.15) is 12.0 Å². The van der Waals surface area contributed by atoms with Gasteiger partial charge in [-0.2, -0.15) is 8.42 Å². The van der Waals surface area contributed by atoms with Gasteiger partial charge in [-0.25, -0.2) is 0 Å². The van der Waals surface area contributed by atoms with Crippen LogP contribution in [-0.2, 0) is 20.7 Å². The van der Waals surface area contributed by atoms with E-state index in [1.807, 2.05) is 24.3 Å². The zero-order chi connectivity index (χ0) is 11.3. The van der Waals surface area contributed by atoms with Crippen molar-refractivity contribution in [2.75, 3.05) is 12.9 Å². The first kappa shape index (κ1) is 12.5. The van der Waals surface area contributed by atoms with Gasteiger partial charge in [-0.3, -0.25) is 4.18 Å². The normalized spacial score (nSPS) is 11.6. The highest BCUT2D eigenvalue weighted by molar-refractivity contribution is 7.85. The van der Waals surface area contributed by atoms with Gasteiger partial charge in [-0.1, -0.05) is 29.8 Å². The van der Waals surface area contributed by atoms with E-state index in [0.717, 1.165) is 18.2 Å². The molecule has 0 amide bonds. The van der Waals surface area contributed by atoms with Gasteiger partial charge in [0.05, 0.1) is 12.9 Å². The summed E-state index contributed by atoms with van der Waals surface area (Å²) in [7, 11) is -3.32. The third kappa shape index (κ3) is 5.16. The fraction of sp³-hybridized carbons (Fsp3) is 0.400. The second-order valence-electron chi connectivity index (χ2n) is 3.22. The molecule has 0 saturated heterocycles. The summed E-state index contributed by atoms with van der Waals surface area (Å²) in [5.74, 6) is 0. The fourth-order valence-electron chi connectivity index (χ4n) is 1.17. The van der Waals surface area contributed by atoms with Crippen LogP contribution >= 0.6 is 11.6 Å². The van der Waals surface area contributed by atoms with E-state index in [4.69, 9.17) is 11.6 Å². The van der Waals surface area contributed by atoms with Crippen molar-refractivity contribution in [3.8, 4) is 0 Å². The first-order chi connectivity index (χ1) is 6.99. The Kier molecular flexibility index (Phi) is 4.57. The summed E-state index contributed by atoms with van der Waals surface area (Å²) in [6.07, 6.45) is 2.40. The number of aryl methyl sites for hydroxylation is 1. The molecule has 1 aromatic rings. The maximum Gasteiger partial charge on any atom is 0.264 e. The topological polar surface area (TPSA) is 43.4 Å². The molecule has 0 atom stereocenters. The van der Waals surface area contributed by atoms with Gasteiger partial charge in [0, 0.05) is 5.02 Å². The van der Waals surface area contributed by atoms with Gasteiger partial charge in [0.15, 0.2) is 0 Å². The van der Waals surface area contributed by atoms with Crippen LogP contribution in [0.5, 0.6) is 0 Å². The Hall–Kier alpha value is -0.580. The Morgan fingerprint density at radius 1 is 1.33 bits per heavy atom. The monoisotopic (exact) mass is 248 g/mol. The molecule has 5 heteroatoms. The molecule has 0 spiro atoms. The van der Waals surface area contributed by atoms with Crippen LogP contribution in [0, 0.1) is 0 Å². The van der Waals surface area contributed by atoms with Crippen molar-refractivity contribution in [3.63, 3.8) is 0 Å². The molecule has 0 bridgehead atoms. The van der Waals surface area contributed by atoms with Crippen LogP contribution in [0.4, 0.5) is 0 Å². The van der Waals surface area contributed by atoms with Crippen LogP contribution < -0.4 is 0 Å². The van der Waals surface area contributed by atoms with Crippen LogP contribution in [0.3, 0.4) is 0 Å². The molecule has 3 nitrogen and oxygen atoms in total. The zero-order valence-electron chi connectivity index (χ0n) is 8.44. The highest BCUT2D eigenvalue weighted by atomic mass is 35.5. The maximum atomic E-state index is 10.7. The number of hydrogen-bond donors (Lipinski definition) is 0. The molecule has 0 saturated carbocycles. The molecule has 0 aliphatic carbocycles. The van der Waals surface area contributed by atoms with Crippen molar-refractivity contribution >= 4 is 21.7 Å². The van der Waals surface area contributed by atoms with Crippen LogP contribution in [0.25, 0.3) is 0 Å². The van der Waals surface area contributed by atoms with E-state index in [1.165, 1.54) is 0 Å². The minimum Gasteiger partial charge on any atom is -0.270 e. The van der Waals surface area contributed by atoms with Gasteiger partial charge in [-0.15, -0.1) is 0 Å². The van der Waals surface area contributed by atoms with E-state index in [1.54, 1.807) is 0 Å². The van der Waals surface area contributed by atoms with Crippen LogP contribution in [0.2, 0.25) is 5.02 Å². The van der Waals surface area contributed by atoms with E-state index in [9.17, 15) is 8.42 Å². The van der Waals surface area contributed by atoms with Crippen molar-refractivity contribution in [2.45, 2.75) is 12.8 Å². The number of benzene rings is 1. The van der Waals surface area contributed by atoms with Crippen molar-refractivity contribution in [1.82, 2.24) is 0 Å². The summed E-state index contributed by atoms with van der Waals surface area (Å²) >= 11 is 5.93. The predicted molar refractivity (Wildman–Crippen MR) is 60.6 cm³/mol. The minimum atomic E-state index is -3.32. The average molecular weight is 249 g/mol. The molecule has 0 N–H and O–H groups in total. The molecule has 84 valence electrons. The van der Waals surface area contributed by atoms with Crippen molar-refractivity contribution in [2.24, 2.45) is 0 Å². The number of rotatable bonds is 5.